The van der Waals surface area contributed by atoms with Crippen LogP contribution in [-0.4, -0.2) is 38.1 Å². The van der Waals surface area contributed by atoms with Crippen LogP contribution in [0.1, 0.15) is 30.9 Å². The number of hydrogen-bond acceptors (Lipinski definition) is 2. The van der Waals surface area contributed by atoms with Crippen molar-refractivity contribution in [3.8, 4) is 5.75 Å². The fourth-order valence-corrected chi connectivity index (χ4v) is 2.87. The molecular formula is C17H27N3O. The SMILES string of the molecule is CN=C(NCc1ccc(C)c(OC)c1)N1CCCC(C)C1. The molecule has 1 fully saturated rings. The summed E-state index contributed by atoms with van der Waals surface area (Å²) in [5.74, 6) is 2.69. The highest BCUT2D eigenvalue weighted by Crippen LogP contribution is 2.19. The third-order valence-electron chi connectivity index (χ3n) is 4.09. The third-order valence-corrected chi connectivity index (χ3v) is 4.09. The second-order valence-electron chi connectivity index (χ2n) is 5.90. The molecule has 1 unspecified atom stereocenters. The Morgan fingerprint density at radius 1 is 1.48 bits per heavy atom. The second kappa shape index (κ2) is 7.34. The highest BCUT2D eigenvalue weighted by atomic mass is 16.5. The third kappa shape index (κ3) is 4.13. The summed E-state index contributed by atoms with van der Waals surface area (Å²) in [5.41, 5.74) is 2.37. The zero-order valence-corrected chi connectivity index (χ0v) is 13.6. The maximum Gasteiger partial charge on any atom is 0.193 e. The first-order valence-electron chi connectivity index (χ1n) is 7.73. The van der Waals surface area contributed by atoms with Gasteiger partial charge in [0, 0.05) is 26.7 Å². The monoisotopic (exact) mass is 289 g/mol. The molecule has 0 amide bonds. The lowest BCUT2D eigenvalue weighted by Crippen LogP contribution is -2.45. The summed E-state index contributed by atoms with van der Waals surface area (Å²) in [4.78, 5) is 6.78. The number of benzene rings is 1. The zero-order chi connectivity index (χ0) is 15.2. The van der Waals surface area contributed by atoms with Gasteiger partial charge in [0.25, 0.3) is 0 Å². The topological polar surface area (TPSA) is 36.9 Å². The van der Waals surface area contributed by atoms with Crippen LogP contribution in [-0.2, 0) is 6.54 Å². The van der Waals surface area contributed by atoms with Crippen molar-refractivity contribution in [2.75, 3.05) is 27.2 Å². The number of ether oxygens (including phenoxy) is 1. The number of aryl methyl sites for hydroxylation is 1. The van der Waals surface area contributed by atoms with E-state index in [2.05, 4.69) is 47.3 Å². The molecular weight excluding hydrogens is 262 g/mol. The lowest BCUT2D eigenvalue weighted by molar-refractivity contribution is 0.266. The van der Waals surface area contributed by atoms with Crippen LogP contribution in [0.4, 0.5) is 0 Å². The van der Waals surface area contributed by atoms with Gasteiger partial charge in [0.1, 0.15) is 5.75 Å². The minimum absolute atomic E-state index is 0.747. The molecule has 1 atom stereocenters. The summed E-state index contributed by atoms with van der Waals surface area (Å²) in [6, 6.07) is 6.33. The van der Waals surface area contributed by atoms with E-state index in [1.807, 2.05) is 7.05 Å². The summed E-state index contributed by atoms with van der Waals surface area (Å²) in [5, 5.41) is 3.47. The van der Waals surface area contributed by atoms with E-state index in [0.717, 1.165) is 42.8 Å². The molecule has 1 saturated heterocycles. The van der Waals surface area contributed by atoms with Crippen LogP contribution in [0, 0.1) is 12.8 Å². The maximum atomic E-state index is 5.38. The predicted octanol–water partition coefficient (Wildman–Crippen LogP) is 2.81. The van der Waals surface area contributed by atoms with Crippen LogP contribution in [0.15, 0.2) is 23.2 Å². The van der Waals surface area contributed by atoms with E-state index in [9.17, 15) is 0 Å². The number of rotatable bonds is 3. The van der Waals surface area contributed by atoms with Crippen molar-refractivity contribution >= 4 is 5.96 Å². The number of likely N-dealkylation sites (tertiary alicyclic amines) is 1. The smallest absolute Gasteiger partial charge is 0.193 e. The Morgan fingerprint density at radius 2 is 2.29 bits per heavy atom. The normalized spacial score (nSPS) is 19.5. The molecule has 2 rings (SSSR count). The van der Waals surface area contributed by atoms with Crippen LogP contribution in [0.25, 0.3) is 0 Å². The first-order valence-corrected chi connectivity index (χ1v) is 7.73. The lowest BCUT2D eigenvalue weighted by atomic mass is 10.0. The molecule has 1 aromatic carbocycles. The molecule has 1 aliphatic rings. The number of hydrogen-bond donors (Lipinski definition) is 1. The molecule has 21 heavy (non-hydrogen) atoms. The fraction of sp³-hybridized carbons (Fsp3) is 0.588. The molecule has 1 aromatic rings. The van der Waals surface area contributed by atoms with E-state index in [-0.39, 0.29) is 0 Å². The van der Waals surface area contributed by atoms with Crippen LogP contribution >= 0.6 is 0 Å². The number of piperidine rings is 1. The van der Waals surface area contributed by atoms with Gasteiger partial charge in [-0.15, -0.1) is 0 Å². The number of nitrogens with zero attached hydrogens (tertiary/aromatic N) is 2. The largest absolute Gasteiger partial charge is 0.496 e. The van der Waals surface area contributed by atoms with Gasteiger partial charge in [-0.05, 0) is 42.9 Å². The van der Waals surface area contributed by atoms with Gasteiger partial charge in [-0.25, -0.2) is 0 Å². The predicted molar refractivity (Wildman–Crippen MR) is 87.9 cm³/mol. The molecule has 1 heterocycles. The minimum atomic E-state index is 0.747. The van der Waals surface area contributed by atoms with Gasteiger partial charge in [-0.1, -0.05) is 19.1 Å². The standard InChI is InChI=1S/C17H27N3O/c1-13-6-5-9-20(12-13)17(18-3)19-11-15-8-7-14(2)16(10-15)21-4/h7-8,10,13H,5-6,9,11-12H2,1-4H3,(H,18,19). The van der Waals surface area contributed by atoms with Crippen LogP contribution in [0.3, 0.4) is 0 Å². The summed E-state index contributed by atoms with van der Waals surface area (Å²) in [6.45, 7) is 7.33. The summed E-state index contributed by atoms with van der Waals surface area (Å²) in [6.07, 6.45) is 2.57. The van der Waals surface area contributed by atoms with Gasteiger partial charge < -0.3 is 15.0 Å². The van der Waals surface area contributed by atoms with Crippen molar-refractivity contribution in [3.63, 3.8) is 0 Å². The van der Waals surface area contributed by atoms with E-state index in [1.165, 1.54) is 18.4 Å². The fourth-order valence-electron chi connectivity index (χ4n) is 2.87. The quantitative estimate of drug-likeness (QED) is 0.687. The van der Waals surface area contributed by atoms with Crippen LogP contribution in [0.2, 0.25) is 0 Å². The zero-order valence-electron chi connectivity index (χ0n) is 13.6. The van der Waals surface area contributed by atoms with E-state index < -0.39 is 0 Å². The maximum absolute atomic E-state index is 5.38. The van der Waals surface area contributed by atoms with Gasteiger partial charge >= 0.3 is 0 Å². The molecule has 0 aromatic heterocycles. The Morgan fingerprint density at radius 3 is 2.95 bits per heavy atom. The lowest BCUT2D eigenvalue weighted by Gasteiger charge is -2.33. The van der Waals surface area contributed by atoms with Crippen molar-refractivity contribution in [3.05, 3.63) is 29.3 Å². The molecule has 4 heteroatoms. The average Bonchev–Trinajstić information content (AvgIpc) is 2.49. The molecule has 4 nitrogen and oxygen atoms in total. The minimum Gasteiger partial charge on any atom is -0.496 e. The molecule has 0 spiro atoms. The number of methoxy groups -OCH3 is 1. The second-order valence-corrected chi connectivity index (χ2v) is 5.90. The molecule has 0 aliphatic carbocycles. The van der Waals surface area contributed by atoms with Crippen molar-refractivity contribution in [2.24, 2.45) is 10.9 Å². The van der Waals surface area contributed by atoms with Crippen molar-refractivity contribution in [2.45, 2.75) is 33.2 Å². The van der Waals surface area contributed by atoms with Gasteiger partial charge in [0.05, 0.1) is 7.11 Å². The number of aliphatic imine (C=N–C) groups is 1. The Labute approximate surface area is 128 Å². The molecule has 0 saturated carbocycles. The van der Waals surface area contributed by atoms with Gasteiger partial charge in [-0.2, -0.15) is 0 Å². The van der Waals surface area contributed by atoms with E-state index in [1.54, 1.807) is 7.11 Å². The Balaban J connectivity index is 1.97. The molecule has 0 bridgehead atoms. The Hall–Kier alpha value is -1.71. The van der Waals surface area contributed by atoms with Crippen molar-refractivity contribution < 1.29 is 4.74 Å². The van der Waals surface area contributed by atoms with Crippen LogP contribution < -0.4 is 10.1 Å². The molecule has 1 aliphatic heterocycles. The van der Waals surface area contributed by atoms with Crippen molar-refractivity contribution in [1.29, 1.82) is 0 Å². The average molecular weight is 289 g/mol. The molecule has 1 N–H and O–H groups in total. The number of guanidine groups is 1. The molecule has 116 valence electrons. The summed E-state index contributed by atoms with van der Waals surface area (Å²) < 4.78 is 5.38. The Kier molecular flexibility index (Phi) is 5.48. The van der Waals surface area contributed by atoms with Crippen LogP contribution in [0.5, 0.6) is 5.75 Å². The van der Waals surface area contributed by atoms with Gasteiger partial charge in [0.2, 0.25) is 0 Å². The highest BCUT2D eigenvalue weighted by Gasteiger charge is 2.18. The summed E-state index contributed by atoms with van der Waals surface area (Å²) in [7, 11) is 3.57. The van der Waals surface area contributed by atoms with Gasteiger partial charge in [-0.3, -0.25) is 4.99 Å². The highest BCUT2D eigenvalue weighted by molar-refractivity contribution is 5.80. The van der Waals surface area contributed by atoms with E-state index >= 15 is 0 Å². The first kappa shape index (κ1) is 15.7. The van der Waals surface area contributed by atoms with E-state index in [4.69, 9.17) is 4.74 Å². The summed E-state index contributed by atoms with van der Waals surface area (Å²) >= 11 is 0. The first-order chi connectivity index (χ1) is 10.1. The molecule has 0 radical (unpaired) electrons. The van der Waals surface area contributed by atoms with Gasteiger partial charge in [0.15, 0.2) is 5.96 Å². The Bertz CT molecular complexity index is 499. The van der Waals surface area contributed by atoms with Crippen molar-refractivity contribution in [1.82, 2.24) is 10.2 Å². The number of nitrogens with one attached hydrogen (secondary N) is 1. The van der Waals surface area contributed by atoms with E-state index in [0.29, 0.717) is 0 Å².